The van der Waals surface area contributed by atoms with Crippen molar-refractivity contribution in [2.75, 3.05) is 17.3 Å². The Bertz CT molecular complexity index is 1060. The van der Waals surface area contributed by atoms with Crippen molar-refractivity contribution < 1.29 is 189 Å². The first-order valence-corrected chi connectivity index (χ1v) is 18.2. The van der Waals surface area contributed by atoms with Gasteiger partial charge in [-0.3, -0.25) is 9.59 Å². The molecule has 0 amide bonds. The molecule has 0 heterocycles. The Balaban J connectivity index is -0.0000000883. The number of carbonyl (C=O) groups is 3. The molecule has 0 aliphatic heterocycles. The molecule has 7 nitrogen and oxygen atoms in total. The number of aliphatic carboxylic acids is 3. The molecule has 240 valence electrons. The summed E-state index contributed by atoms with van der Waals surface area (Å²) < 4.78 is 3.08. The molecule has 46 heavy (non-hydrogen) atoms. The van der Waals surface area contributed by atoms with Crippen LogP contribution in [0.4, 0.5) is 0 Å². The van der Waals surface area contributed by atoms with Crippen LogP contribution in [0, 0.1) is 0 Å². The number of benzene rings is 2. The van der Waals surface area contributed by atoms with Gasteiger partial charge in [0.2, 0.25) is 0 Å². The Morgan fingerprint density at radius 1 is 0.804 bits per heavy atom. The molecule has 0 saturated heterocycles. The van der Waals surface area contributed by atoms with Crippen LogP contribution in [0.25, 0.3) is 0 Å². The SMILES string of the molecule is BrCc1ccccc1.O=C(O)CCS.O=C(O)CCSC(=S)SCc1ccccc1.O=C([O-])CCSC(=S)[S-].S=C=S.[K+].[K+].[K+].[OH-]. The molecule has 0 bridgehead atoms. The third-order valence-electron chi connectivity index (χ3n) is 3.58. The van der Waals surface area contributed by atoms with Crippen LogP contribution in [-0.2, 0) is 38.1 Å². The third kappa shape index (κ3) is 60.3. The summed E-state index contributed by atoms with van der Waals surface area (Å²) in [6.45, 7) is 0. The molecule has 0 atom stereocenters. The molecule has 2 aromatic carbocycles. The molecule has 3 N–H and O–H groups in total. The predicted molar refractivity (Wildman–Crippen MR) is 204 cm³/mol. The first kappa shape index (κ1) is 65.1. The van der Waals surface area contributed by atoms with Crippen LogP contribution in [0.3, 0.4) is 0 Å². The van der Waals surface area contributed by atoms with Crippen molar-refractivity contribution in [3.63, 3.8) is 0 Å². The summed E-state index contributed by atoms with van der Waals surface area (Å²) in [7, 11) is 0. The van der Waals surface area contributed by atoms with Crippen molar-refractivity contribution in [2.45, 2.75) is 30.3 Å². The molecule has 0 aromatic heterocycles. The summed E-state index contributed by atoms with van der Waals surface area (Å²) in [6, 6.07) is 20.4. The minimum absolute atomic E-state index is 0. The molecule has 0 unspecified atom stereocenters. The molecule has 0 saturated carbocycles. The molecular formula is C26H30BrK3O7S9. The van der Waals surface area contributed by atoms with E-state index >= 15 is 0 Å². The van der Waals surface area contributed by atoms with Gasteiger partial charge in [0.15, 0.2) is 0 Å². The number of carboxylic acids is 3. The Hall–Kier alpha value is 4.22. The minimum atomic E-state index is -1.06. The smallest absolute Gasteiger partial charge is 0.870 e. The normalized spacial score (nSPS) is 8.04. The second-order valence-corrected chi connectivity index (χ2v) is 14.5. The number of thiocarbonyl (C=S) groups is 4. The first-order valence-electron chi connectivity index (χ1n) is 11.4. The van der Waals surface area contributed by atoms with Crippen molar-refractivity contribution in [1.29, 1.82) is 0 Å². The fourth-order valence-electron chi connectivity index (χ4n) is 1.86. The van der Waals surface area contributed by atoms with E-state index in [4.69, 9.17) is 22.4 Å². The van der Waals surface area contributed by atoms with Crippen LogP contribution in [0.2, 0.25) is 0 Å². The zero-order valence-electron chi connectivity index (χ0n) is 25.5. The number of carboxylic acid groups (broad SMARTS) is 3. The van der Waals surface area contributed by atoms with Gasteiger partial charge < -0.3 is 50.4 Å². The summed E-state index contributed by atoms with van der Waals surface area (Å²) >= 11 is 33.3. The van der Waals surface area contributed by atoms with Crippen molar-refractivity contribution in [2.24, 2.45) is 0 Å². The largest absolute Gasteiger partial charge is 1.00 e. The van der Waals surface area contributed by atoms with E-state index in [2.05, 4.69) is 102 Å². The standard InChI is InChI=1S/C11H12O2S3.C7H7Br.C4H6O2S3.C3H6O2S.CS2.3K.H2O/c12-10(13)6-7-15-11(14)16-8-9-4-2-1-3-5-9;8-6-7-4-2-1-3-5-7;5-3(6)1-2-9-4(7)8;4-3(5)1-2-6;2-1-3;;;;/h1-5H,6-8H2,(H,12,13);1-5H,6H2;1-2H2,(H,5,6)(H,7,8);6H,1-2H2,(H,4,5);;;;;1H2/q;;;;;3*+1;/p-3. The van der Waals surface area contributed by atoms with Crippen molar-refractivity contribution >= 4 is 155 Å². The van der Waals surface area contributed by atoms with E-state index in [1.165, 1.54) is 34.7 Å². The number of rotatable bonds is 11. The molecule has 2 rings (SSSR count). The molecule has 0 fully saturated rings. The number of alkyl halides is 1. The maximum Gasteiger partial charge on any atom is 1.00 e. The van der Waals surface area contributed by atoms with Gasteiger partial charge in [-0.25, -0.2) is 0 Å². The second-order valence-electron chi connectivity index (χ2n) is 6.81. The van der Waals surface area contributed by atoms with Gasteiger partial charge in [0.1, 0.15) is 3.53 Å². The van der Waals surface area contributed by atoms with Crippen LogP contribution >= 0.6 is 113 Å². The number of hydrogen-bond acceptors (Lipinski definition) is 14. The quantitative estimate of drug-likeness (QED) is 0.0747. The minimum Gasteiger partial charge on any atom is -0.870 e. The van der Waals surface area contributed by atoms with Gasteiger partial charge in [-0.15, -0.1) is 35.3 Å². The molecule has 2 aromatic rings. The maximum absolute atomic E-state index is 10.3. The van der Waals surface area contributed by atoms with E-state index in [1.807, 2.05) is 40.7 Å². The number of hydrogen-bond donors (Lipinski definition) is 3. The van der Waals surface area contributed by atoms with Crippen molar-refractivity contribution in [3.05, 3.63) is 71.8 Å². The van der Waals surface area contributed by atoms with Gasteiger partial charge in [-0.05, 0) is 42.0 Å². The van der Waals surface area contributed by atoms with Gasteiger partial charge in [0, 0.05) is 38.6 Å². The molecule has 0 radical (unpaired) electrons. The van der Waals surface area contributed by atoms with Crippen LogP contribution < -0.4 is 159 Å². The fraction of sp³-hybridized carbons (Fsp3) is 0.308. The van der Waals surface area contributed by atoms with Crippen LogP contribution in [0.1, 0.15) is 30.4 Å². The Morgan fingerprint density at radius 2 is 1.22 bits per heavy atom. The predicted octanol–water partition coefficient (Wildman–Crippen LogP) is -2.07. The molecule has 0 spiro atoms. The monoisotopic (exact) mass is 938 g/mol. The van der Waals surface area contributed by atoms with Gasteiger partial charge in [-0.1, -0.05) is 92.3 Å². The van der Waals surface area contributed by atoms with Gasteiger partial charge >= 0.3 is 166 Å². The van der Waals surface area contributed by atoms with E-state index in [0.717, 1.165) is 14.6 Å². The summed E-state index contributed by atoms with van der Waals surface area (Å²) in [4.78, 5) is 29.6. The number of halogens is 1. The average Bonchev–Trinajstić information content (AvgIpc) is 2.94. The number of thiol groups is 1. The van der Waals surface area contributed by atoms with Crippen molar-refractivity contribution in [1.82, 2.24) is 0 Å². The zero-order chi connectivity index (χ0) is 32.6. The van der Waals surface area contributed by atoms with Gasteiger partial charge in [0.05, 0.1) is 12.8 Å². The van der Waals surface area contributed by atoms with E-state index in [9.17, 15) is 19.5 Å². The topological polar surface area (TPSA) is 145 Å². The summed E-state index contributed by atoms with van der Waals surface area (Å²) in [6.07, 6.45) is 0.335. The van der Waals surface area contributed by atoms with E-state index in [-0.39, 0.29) is 179 Å². The third-order valence-corrected chi connectivity index (χ3v) is 8.58. The van der Waals surface area contributed by atoms with E-state index in [1.54, 1.807) is 11.8 Å². The molecular weight excluding hydrogens is 910 g/mol. The van der Waals surface area contributed by atoms with E-state index < -0.39 is 17.9 Å². The summed E-state index contributed by atoms with van der Waals surface area (Å²) in [5, 5.41) is 27.1. The Morgan fingerprint density at radius 3 is 1.52 bits per heavy atom. The Labute approximate surface area is 453 Å². The summed E-state index contributed by atoms with van der Waals surface area (Å²) in [5.41, 5.74) is 2.56. The fourth-order valence-corrected chi connectivity index (χ4v) is 5.47. The summed E-state index contributed by atoms with van der Waals surface area (Å²) in [5.74, 6) is -0.377. The molecule has 20 heteroatoms. The second kappa shape index (κ2) is 51.3. The first-order chi connectivity index (χ1) is 19.9. The zero-order valence-corrected chi connectivity index (χ0v) is 43.9. The average molecular weight is 940 g/mol. The van der Waals surface area contributed by atoms with Gasteiger partial charge in [0.25, 0.3) is 0 Å². The molecule has 0 aliphatic rings. The Kier molecular flexibility index (Phi) is 72.7. The van der Waals surface area contributed by atoms with Gasteiger partial charge in [-0.2, -0.15) is 12.6 Å². The molecule has 0 aliphatic carbocycles. The number of thioether (sulfide) groups is 3. The number of carbonyl (C=O) groups excluding carboxylic acids is 1. The van der Waals surface area contributed by atoms with Crippen LogP contribution in [0.5, 0.6) is 0 Å². The van der Waals surface area contributed by atoms with E-state index in [0.29, 0.717) is 20.8 Å². The van der Waals surface area contributed by atoms with Crippen LogP contribution in [-0.4, -0.2) is 62.2 Å². The van der Waals surface area contributed by atoms with Crippen LogP contribution in [0.15, 0.2) is 60.7 Å². The maximum atomic E-state index is 10.3. The van der Waals surface area contributed by atoms with Crippen molar-refractivity contribution in [3.8, 4) is 0 Å².